The summed E-state index contributed by atoms with van der Waals surface area (Å²) < 4.78 is 5.57. The number of carbonyl (C=O) groups is 1. The molecule has 15 heavy (non-hydrogen) atoms. The number of aromatic nitrogens is 2. The van der Waals surface area contributed by atoms with E-state index >= 15 is 0 Å². The number of nitrogens with zero attached hydrogens (tertiary/aromatic N) is 2. The van der Waals surface area contributed by atoms with Crippen LogP contribution in [0.3, 0.4) is 0 Å². The van der Waals surface area contributed by atoms with Crippen LogP contribution in [0.15, 0.2) is 16.8 Å². The van der Waals surface area contributed by atoms with Gasteiger partial charge in [0.05, 0.1) is 11.8 Å². The first-order chi connectivity index (χ1) is 7.02. The van der Waals surface area contributed by atoms with Crippen LogP contribution in [-0.2, 0) is 5.41 Å². The molecule has 0 N–H and O–H groups in total. The fourth-order valence-corrected chi connectivity index (χ4v) is 1.28. The minimum absolute atomic E-state index is 0.167. The summed E-state index contributed by atoms with van der Waals surface area (Å²) in [6, 6.07) is 0. The number of hydrogen-bond acceptors (Lipinski definition) is 4. The Hall–Kier alpha value is -1.71. The van der Waals surface area contributed by atoms with Crippen molar-refractivity contribution in [3.8, 4) is 0 Å². The molecule has 2 aromatic rings. The van der Waals surface area contributed by atoms with Crippen molar-refractivity contribution in [3.05, 3.63) is 23.8 Å². The number of carbonyl (C=O) groups excluding carboxylic acids is 1. The second kappa shape index (κ2) is 3.15. The quantitative estimate of drug-likeness (QED) is 0.669. The van der Waals surface area contributed by atoms with Crippen LogP contribution in [0.1, 0.15) is 37.0 Å². The van der Waals surface area contributed by atoms with Crippen LogP contribution in [0.5, 0.6) is 0 Å². The van der Waals surface area contributed by atoms with Crippen LogP contribution in [0, 0.1) is 0 Å². The molecule has 0 radical (unpaired) electrons. The summed E-state index contributed by atoms with van der Waals surface area (Å²) in [5, 5.41) is 0. The van der Waals surface area contributed by atoms with Gasteiger partial charge in [0, 0.05) is 11.6 Å². The average molecular weight is 204 g/mol. The molecule has 0 atom stereocenters. The molecule has 0 fully saturated rings. The molecule has 0 saturated heterocycles. The van der Waals surface area contributed by atoms with E-state index in [2.05, 4.69) is 9.97 Å². The summed E-state index contributed by atoms with van der Waals surface area (Å²) in [6.45, 7) is 6.02. The molecule has 0 spiro atoms. The van der Waals surface area contributed by atoms with Gasteiger partial charge in [-0.05, 0) is 0 Å². The molecule has 2 rings (SSSR count). The molecule has 0 aliphatic carbocycles. The molecule has 4 nitrogen and oxygen atoms in total. The van der Waals surface area contributed by atoms with Crippen molar-refractivity contribution in [2.24, 2.45) is 0 Å². The standard InChI is InChI=1S/C11H12N2O2/c1-11(2,3)10-13-8-5-12-4-7(6-14)9(8)15-10/h4-6H,1-3H3. The van der Waals surface area contributed by atoms with E-state index in [1.54, 1.807) is 6.20 Å². The third-order valence-electron chi connectivity index (χ3n) is 2.09. The highest BCUT2D eigenvalue weighted by atomic mass is 16.3. The lowest BCUT2D eigenvalue weighted by Crippen LogP contribution is -2.10. The molecule has 78 valence electrons. The fourth-order valence-electron chi connectivity index (χ4n) is 1.28. The van der Waals surface area contributed by atoms with Gasteiger partial charge in [-0.1, -0.05) is 20.8 Å². The highest BCUT2D eigenvalue weighted by Gasteiger charge is 2.21. The Morgan fingerprint density at radius 3 is 2.67 bits per heavy atom. The second-order valence-corrected chi connectivity index (χ2v) is 4.46. The fraction of sp³-hybridized carbons (Fsp3) is 0.364. The van der Waals surface area contributed by atoms with E-state index in [0.717, 1.165) is 6.29 Å². The number of aldehydes is 1. The van der Waals surface area contributed by atoms with Crippen molar-refractivity contribution in [2.45, 2.75) is 26.2 Å². The van der Waals surface area contributed by atoms with E-state index < -0.39 is 0 Å². The van der Waals surface area contributed by atoms with E-state index in [0.29, 0.717) is 22.6 Å². The van der Waals surface area contributed by atoms with Crippen LogP contribution >= 0.6 is 0 Å². The van der Waals surface area contributed by atoms with Crippen LogP contribution in [0.25, 0.3) is 11.1 Å². The van der Waals surface area contributed by atoms with Crippen LogP contribution < -0.4 is 0 Å². The summed E-state index contributed by atoms with van der Waals surface area (Å²) in [6.07, 6.45) is 3.81. The predicted molar refractivity (Wildman–Crippen MR) is 55.9 cm³/mol. The Kier molecular flexibility index (Phi) is 2.07. The minimum Gasteiger partial charge on any atom is -0.439 e. The highest BCUT2D eigenvalue weighted by molar-refractivity contribution is 5.91. The van der Waals surface area contributed by atoms with Gasteiger partial charge in [0.1, 0.15) is 5.52 Å². The van der Waals surface area contributed by atoms with E-state index in [9.17, 15) is 4.79 Å². The van der Waals surface area contributed by atoms with Crippen LogP contribution in [0.4, 0.5) is 0 Å². The summed E-state index contributed by atoms with van der Waals surface area (Å²) in [7, 11) is 0. The smallest absolute Gasteiger partial charge is 0.200 e. The molecule has 2 aromatic heterocycles. The van der Waals surface area contributed by atoms with Gasteiger partial charge in [0.15, 0.2) is 11.9 Å². The molecular formula is C11H12N2O2. The van der Waals surface area contributed by atoms with Crippen LogP contribution in [0.2, 0.25) is 0 Å². The Bertz CT molecular complexity index is 509. The Labute approximate surface area is 87.3 Å². The second-order valence-electron chi connectivity index (χ2n) is 4.46. The van der Waals surface area contributed by atoms with Gasteiger partial charge < -0.3 is 4.42 Å². The molecule has 0 aromatic carbocycles. The number of rotatable bonds is 1. The maximum atomic E-state index is 10.8. The van der Waals surface area contributed by atoms with Gasteiger partial charge in [-0.15, -0.1) is 0 Å². The number of oxazole rings is 1. The van der Waals surface area contributed by atoms with Crippen molar-refractivity contribution in [1.29, 1.82) is 0 Å². The molecule has 0 aliphatic rings. The predicted octanol–water partition coefficient (Wildman–Crippen LogP) is 2.33. The molecular weight excluding hydrogens is 192 g/mol. The Morgan fingerprint density at radius 1 is 1.33 bits per heavy atom. The molecule has 0 amide bonds. The Balaban J connectivity index is 2.70. The summed E-state index contributed by atoms with van der Waals surface area (Å²) in [4.78, 5) is 19.0. The van der Waals surface area contributed by atoms with E-state index in [1.165, 1.54) is 6.20 Å². The molecule has 0 aliphatic heterocycles. The molecule has 4 heteroatoms. The van der Waals surface area contributed by atoms with Crippen LogP contribution in [-0.4, -0.2) is 16.3 Å². The van der Waals surface area contributed by atoms with Crippen molar-refractivity contribution >= 4 is 17.4 Å². The number of pyridine rings is 1. The zero-order valence-corrected chi connectivity index (χ0v) is 8.94. The zero-order valence-electron chi connectivity index (χ0n) is 8.94. The lowest BCUT2D eigenvalue weighted by molar-refractivity contribution is 0.112. The number of hydrogen-bond donors (Lipinski definition) is 0. The first-order valence-corrected chi connectivity index (χ1v) is 4.72. The first-order valence-electron chi connectivity index (χ1n) is 4.72. The molecule has 2 heterocycles. The maximum Gasteiger partial charge on any atom is 0.200 e. The SMILES string of the molecule is CC(C)(C)c1nc2cncc(C=O)c2o1. The van der Waals surface area contributed by atoms with Crippen molar-refractivity contribution in [2.75, 3.05) is 0 Å². The molecule has 0 saturated carbocycles. The lowest BCUT2D eigenvalue weighted by Gasteiger charge is -2.11. The normalized spacial score (nSPS) is 11.9. The monoisotopic (exact) mass is 204 g/mol. The summed E-state index contributed by atoms with van der Waals surface area (Å²) in [5.74, 6) is 0.619. The van der Waals surface area contributed by atoms with Crippen molar-refractivity contribution in [3.63, 3.8) is 0 Å². The first kappa shape index (κ1) is 9.83. The number of fused-ring (bicyclic) bond motifs is 1. The largest absolute Gasteiger partial charge is 0.439 e. The van der Waals surface area contributed by atoms with Gasteiger partial charge in [0.25, 0.3) is 0 Å². The van der Waals surface area contributed by atoms with Crippen molar-refractivity contribution < 1.29 is 9.21 Å². The zero-order chi connectivity index (χ0) is 11.1. The van der Waals surface area contributed by atoms with Gasteiger partial charge in [-0.2, -0.15) is 0 Å². The highest BCUT2D eigenvalue weighted by Crippen LogP contribution is 2.26. The summed E-state index contributed by atoms with van der Waals surface area (Å²) in [5.41, 5.74) is 1.42. The Morgan fingerprint density at radius 2 is 2.07 bits per heavy atom. The third kappa shape index (κ3) is 1.63. The van der Waals surface area contributed by atoms with Gasteiger partial charge in [-0.25, -0.2) is 4.98 Å². The molecule has 0 unspecified atom stereocenters. The third-order valence-corrected chi connectivity index (χ3v) is 2.09. The molecule has 0 bridgehead atoms. The van der Waals surface area contributed by atoms with Crippen molar-refractivity contribution in [1.82, 2.24) is 9.97 Å². The van der Waals surface area contributed by atoms with E-state index in [4.69, 9.17) is 4.42 Å². The van der Waals surface area contributed by atoms with Gasteiger partial charge in [0.2, 0.25) is 5.89 Å². The van der Waals surface area contributed by atoms with E-state index in [-0.39, 0.29) is 5.41 Å². The minimum atomic E-state index is -0.167. The van der Waals surface area contributed by atoms with E-state index in [1.807, 2.05) is 20.8 Å². The average Bonchev–Trinajstić information content (AvgIpc) is 2.59. The topological polar surface area (TPSA) is 56.0 Å². The maximum absolute atomic E-state index is 10.8. The lowest BCUT2D eigenvalue weighted by atomic mass is 9.97. The van der Waals surface area contributed by atoms with Gasteiger partial charge in [-0.3, -0.25) is 9.78 Å². The summed E-state index contributed by atoms with van der Waals surface area (Å²) >= 11 is 0. The van der Waals surface area contributed by atoms with Gasteiger partial charge >= 0.3 is 0 Å².